The van der Waals surface area contributed by atoms with Crippen molar-refractivity contribution < 1.29 is 0 Å². The summed E-state index contributed by atoms with van der Waals surface area (Å²) < 4.78 is -24.2. The molecule has 21 heteroatoms. The third-order valence-electron chi connectivity index (χ3n) is 3.62. The molecule has 0 aliphatic rings. The van der Waals surface area contributed by atoms with Gasteiger partial charge in [0, 0.05) is 0 Å². The van der Waals surface area contributed by atoms with E-state index in [4.69, 9.17) is 244 Å². The van der Waals surface area contributed by atoms with E-state index >= 15 is 0 Å². The molecule has 0 aromatic rings. The van der Waals surface area contributed by atoms with Crippen molar-refractivity contribution in [1.29, 1.82) is 0 Å². The van der Waals surface area contributed by atoms with Gasteiger partial charge in [0.15, 0.2) is 21.7 Å². The molecule has 0 radical (unpaired) electrons. The molecule has 0 N–H and O–H groups in total. The van der Waals surface area contributed by atoms with E-state index in [1.807, 2.05) is 0 Å². The van der Waals surface area contributed by atoms with E-state index in [0.717, 1.165) is 0 Å². The van der Waals surface area contributed by atoms with Gasteiger partial charge >= 0.3 is 0 Å². The van der Waals surface area contributed by atoms with Gasteiger partial charge in [-0.2, -0.15) is 0 Å². The van der Waals surface area contributed by atoms with Crippen LogP contribution in [0.15, 0.2) is 0 Å². The van der Waals surface area contributed by atoms with E-state index in [1.54, 1.807) is 0 Å². The molecular formula is C10HCl21. The molecule has 0 fully saturated rings. The smallest absolute Gasteiger partial charge is 0.102 e. The van der Waals surface area contributed by atoms with Crippen molar-refractivity contribution >= 4 is 244 Å². The first kappa shape index (κ1) is 37.1. The van der Waals surface area contributed by atoms with Crippen LogP contribution in [0.2, 0.25) is 0 Å². The van der Waals surface area contributed by atoms with Crippen LogP contribution in [0.3, 0.4) is 0 Å². The van der Waals surface area contributed by atoms with Gasteiger partial charge in [0.25, 0.3) is 0 Å². The second-order valence-electron chi connectivity index (χ2n) is 5.46. The van der Waals surface area contributed by atoms with E-state index in [9.17, 15) is 0 Å². The van der Waals surface area contributed by atoms with Crippen molar-refractivity contribution in [2.75, 3.05) is 0 Å². The van der Waals surface area contributed by atoms with Crippen LogP contribution in [-0.4, -0.2) is 37.9 Å². The molecule has 0 rings (SSSR count). The van der Waals surface area contributed by atoms with Gasteiger partial charge in [-0.05, 0) is 0 Å². The fourth-order valence-corrected chi connectivity index (χ4v) is 12.2. The van der Waals surface area contributed by atoms with E-state index in [0.29, 0.717) is 0 Å². The maximum atomic E-state index is 6.43. The molecule has 0 aromatic heterocycles. The highest BCUT2D eigenvalue weighted by atomic mass is 35.6. The first-order valence-electron chi connectivity index (χ1n) is 6.32. The number of hydrogen-bond donors (Lipinski definition) is 0. The fraction of sp³-hybridized carbons (Fsp3) is 1.00. The maximum Gasteiger partial charge on any atom is 0.207 e. The summed E-state index contributed by atoms with van der Waals surface area (Å²) in [5.74, 6) is 0. The SMILES string of the molecule is ClC(Cl)C(Cl)(Cl)C(Cl)(Cl)C(Cl)(Cl)C(Cl)(Cl)C(Cl)(Cl)C(C(Cl)(Cl)Cl)(C(Cl)(Cl)Cl)C(Cl)(Cl)Cl. The van der Waals surface area contributed by atoms with Crippen LogP contribution in [0.25, 0.3) is 0 Å². The zero-order valence-corrected chi connectivity index (χ0v) is 28.9. The average Bonchev–Trinajstić information content (AvgIpc) is 2.40. The van der Waals surface area contributed by atoms with Crippen molar-refractivity contribution in [3.8, 4) is 0 Å². The summed E-state index contributed by atoms with van der Waals surface area (Å²) in [6.45, 7) is 0. The Morgan fingerprint density at radius 2 is 0.548 bits per heavy atom. The first-order valence-corrected chi connectivity index (χ1v) is 14.4. The molecule has 0 unspecified atom stereocenters. The van der Waals surface area contributed by atoms with Crippen molar-refractivity contribution in [3.05, 3.63) is 0 Å². The van der Waals surface area contributed by atoms with Crippen molar-refractivity contribution in [1.82, 2.24) is 0 Å². The van der Waals surface area contributed by atoms with Crippen LogP contribution in [0, 0.1) is 5.41 Å². The predicted octanol–water partition coefficient (Wildman–Crippen LogP) is 12.8. The molecule has 0 amide bonds. The molecular weight excluding hydrogens is 865 g/mol. The van der Waals surface area contributed by atoms with Crippen LogP contribution < -0.4 is 0 Å². The molecule has 188 valence electrons. The summed E-state index contributed by atoms with van der Waals surface area (Å²) in [5.41, 5.74) is -3.20. The fourth-order valence-electron chi connectivity index (χ4n) is 1.99. The van der Waals surface area contributed by atoms with E-state index < -0.39 is 43.3 Å². The number of alkyl halides is 21. The van der Waals surface area contributed by atoms with Crippen LogP contribution in [0.4, 0.5) is 0 Å². The van der Waals surface area contributed by atoms with Gasteiger partial charge in [-0.15, -0.1) is 23.2 Å². The first-order chi connectivity index (χ1) is 12.9. The minimum atomic E-state index is -3.29. The lowest BCUT2D eigenvalue weighted by atomic mass is 9.83. The Hall–Kier alpha value is 6.09. The molecule has 0 atom stereocenters. The third-order valence-corrected chi connectivity index (χ3v) is 14.4. The van der Waals surface area contributed by atoms with E-state index in [-0.39, 0.29) is 0 Å². The van der Waals surface area contributed by atoms with Gasteiger partial charge in [0.1, 0.15) is 10.3 Å². The molecule has 31 heavy (non-hydrogen) atoms. The topological polar surface area (TPSA) is 0 Å². The van der Waals surface area contributed by atoms with Gasteiger partial charge in [0.05, 0.1) is 0 Å². The monoisotopic (exact) mass is 855 g/mol. The Kier molecular flexibility index (Phi) is 13.4. The largest absolute Gasteiger partial charge is 0.207 e. The summed E-state index contributed by atoms with van der Waals surface area (Å²) in [4.78, 5) is -1.77. The highest BCUT2D eigenvalue weighted by Crippen LogP contribution is 2.79. The lowest BCUT2D eigenvalue weighted by molar-refractivity contribution is 0.231. The van der Waals surface area contributed by atoms with Gasteiger partial charge in [0.2, 0.25) is 11.4 Å². The molecule has 0 aliphatic carbocycles. The van der Waals surface area contributed by atoms with Crippen LogP contribution >= 0.6 is 244 Å². The number of halogens is 21. The maximum absolute atomic E-state index is 6.43. The van der Waals surface area contributed by atoms with E-state index in [2.05, 4.69) is 0 Å². The zero-order valence-electron chi connectivity index (χ0n) is 13.0. The van der Waals surface area contributed by atoms with E-state index in [1.165, 1.54) is 0 Å². The summed E-state index contributed by atoms with van der Waals surface area (Å²) in [6, 6.07) is 0. The van der Waals surface area contributed by atoms with Gasteiger partial charge in [-0.25, -0.2) is 0 Å². The number of hydrogen-bond acceptors (Lipinski definition) is 0. The molecule has 0 bridgehead atoms. The standard InChI is InChI=1S/C10HCl21/c11-1(12)2(13,14)4(15,16)6(19,20)7(21,22)5(17,18)3(8(23,24)25,9(26,27)28)10(29,30)31/h1H. The summed E-state index contributed by atoms with van der Waals surface area (Å²) in [5, 5.41) is 0. The molecule has 0 spiro atoms. The average molecular weight is 866 g/mol. The second-order valence-corrected chi connectivity index (χ2v) is 20.1. The van der Waals surface area contributed by atoms with Crippen LogP contribution in [-0.2, 0) is 0 Å². The molecule has 0 heterocycles. The highest BCUT2D eigenvalue weighted by molar-refractivity contribution is 6.82. The highest BCUT2D eigenvalue weighted by Gasteiger charge is 2.87. The van der Waals surface area contributed by atoms with Crippen LogP contribution in [0.5, 0.6) is 0 Å². The van der Waals surface area contributed by atoms with Gasteiger partial charge in [-0.3, -0.25) is 0 Å². The molecule has 0 aromatic carbocycles. The lowest BCUT2D eigenvalue weighted by Crippen LogP contribution is -2.74. The minimum Gasteiger partial charge on any atom is -0.102 e. The molecule has 0 saturated carbocycles. The molecule has 0 nitrogen and oxygen atoms in total. The predicted molar refractivity (Wildman–Crippen MR) is 151 cm³/mol. The Labute approximate surface area is 282 Å². The van der Waals surface area contributed by atoms with Gasteiger partial charge < -0.3 is 0 Å². The Bertz CT molecular complexity index is 605. The summed E-state index contributed by atoms with van der Waals surface area (Å²) in [7, 11) is 0. The quantitative estimate of drug-likeness (QED) is 0.233. The summed E-state index contributed by atoms with van der Waals surface area (Å²) in [6.07, 6.45) is 0. The molecule has 0 aliphatic heterocycles. The van der Waals surface area contributed by atoms with Gasteiger partial charge in [-0.1, -0.05) is 220 Å². The molecule has 0 saturated heterocycles. The van der Waals surface area contributed by atoms with Crippen molar-refractivity contribution in [2.45, 2.75) is 37.9 Å². The van der Waals surface area contributed by atoms with Crippen molar-refractivity contribution in [2.24, 2.45) is 5.41 Å². The van der Waals surface area contributed by atoms with Crippen molar-refractivity contribution in [3.63, 3.8) is 0 Å². The minimum absolute atomic E-state index is 1.77. The normalized spacial score (nSPS) is 16.8. The second kappa shape index (κ2) is 11.2. The number of rotatable bonds is 6. The Morgan fingerprint density at radius 3 is 0.742 bits per heavy atom. The Morgan fingerprint density at radius 1 is 0.323 bits per heavy atom. The Balaban J connectivity index is 7.50. The third kappa shape index (κ3) is 5.93. The lowest BCUT2D eigenvalue weighted by Gasteiger charge is -2.60. The summed E-state index contributed by atoms with van der Waals surface area (Å²) >= 11 is 128. The zero-order chi connectivity index (χ0) is 26.1. The van der Waals surface area contributed by atoms with Crippen LogP contribution in [0.1, 0.15) is 0 Å².